The van der Waals surface area contributed by atoms with E-state index in [1.54, 1.807) is 0 Å². The van der Waals surface area contributed by atoms with Crippen molar-refractivity contribution in [2.45, 2.75) is 13.3 Å². The number of nitrogen functional groups attached to an aromatic ring is 1. The van der Waals surface area contributed by atoms with E-state index in [-0.39, 0.29) is 0 Å². The normalized spacial score (nSPS) is 18.9. The molecule has 1 aliphatic rings. The Bertz CT molecular complexity index is 592. The summed E-state index contributed by atoms with van der Waals surface area (Å²) < 4.78 is 11.3. The predicted molar refractivity (Wildman–Crippen MR) is 75.3 cm³/mol. The van der Waals surface area contributed by atoms with Crippen molar-refractivity contribution in [3.8, 4) is 5.75 Å². The highest BCUT2D eigenvalue weighted by Crippen LogP contribution is 2.28. The molecule has 3 rings (SSSR count). The van der Waals surface area contributed by atoms with E-state index in [2.05, 4.69) is 4.98 Å². The summed E-state index contributed by atoms with van der Waals surface area (Å²) in [6.07, 6.45) is 1.07. The van der Waals surface area contributed by atoms with Gasteiger partial charge < -0.3 is 15.2 Å². The largest absolute Gasteiger partial charge is 0.492 e. The van der Waals surface area contributed by atoms with E-state index in [1.165, 1.54) is 0 Å². The van der Waals surface area contributed by atoms with Gasteiger partial charge in [0.15, 0.2) is 0 Å². The lowest BCUT2D eigenvalue weighted by atomic mass is 10.1. The third-order valence-corrected chi connectivity index (χ3v) is 3.42. The third kappa shape index (κ3) is 2.63. The average molecular weight is 258 g/mol. The van der Waals surface area contributed by atoms with Gasteiger partial charge in [0.05, 0.1) is 18.7 Å². The van der Waals surface area contributed by atoms with Crippen LogP contribution in [-0.2, 0) is 4.74 Å². The van der Waals surface area contributed by atoms with E-state index >= 15 is 0 Å². The van der Waals surface area contributed by atoms with Crippen LogP contribution in [0, 0.1) is 12.8 Å². The van der Waals surface area contributed by atoms with E-state index in [9.17, 15) is 0 Å². The topological polar surface area (TPSA) is 57.4 Å². The molecule has 1 saturated heterocycles. The Balaban J connectivity index is 1.89. The SMILES string of the molecule is Cc1cc(OCC2CCOC2)c2cc(N)ccc2n1. The number of anilines is 1. The zero-order valence-electron chi connectivity index (χ0n) is 11.1. The molecule has 19 heavy (non-hydrogen) atoms. The first-order valence-electron chi connectivity index (χ1n) is 6.60. The van der Waals surface area contributed by atoms with E-state index in [0.29, 0.717) is 12.5 Å². The van der Waals surface area contributed by atoms with Crippen LogP contribution in [0.2, 0.25) is 0 Å². The minimum atomic E-state index is 0.490. The van der Waals surface area contributed by atoms with Crippen LogP contribution >= 0.6 is 0 Å². The number of rotatable bonds is 3. The van der Waals surface area contributed by atoms with Crippen LogP contribution in [-0.4, -0.2) is 24.8 Å². The van der Waals surface area contributed by atoms with Gasteiger partial charge in [0, 0.05) is 35.4 Å². The van der Waals surface area contributed by atoms with Crippen molar-refractivity contribution in [2.24, 2.45) is 5.92 Å². The number of nitrogens with two attached hydrogens (primary N) is 1. The number of benzene rings is 1. The molecular formula is C15H18N2O2. The van der Waals surface area contributed by atoms with Crippen molar-refractivity contribution >= 4 is 16.6 Å². The van der Waals surface area contributed by atoms with Crippen molar-refractivity contribution < 1.29 is 9.47 Å². The van der Waals surface area contributed by atoms with E-state index in [4.69, 9.17) is 15.2 Å². The standard InChI is InChI=1S/C15H18N2O2/c1-10-6-15(19-9-11-4-5-18-8-11)13-7-12(16)2-3-14(13)17-10/h2-3,6-7,11H,4-5,8-9,16H2,1H3. The van der Waals surface area contributed by atoms with Gasteiger partial charge in [0.25, 0.3) is 0 Å². The second-order valence-electron chi connectivity index (χ2n) is 5.08. The lowest BCUT2D eigenvalue weighted by Gasteiger charge is -2.13. The molecule has 0 aliphatic carbocycles. The van der Waals surface area contributed by atoms with E-state index in [0.717, 1.165) is 47.7 Å². The molecule has 0 amide bonds. The molecule has 1 aromatic carbocycles. The highest BCUT2D eigenvalue weighted by atomic mass is 16.5. The van der Waals surface area contributed by atoms with Gasteiger partial charge in [-0.25, -0.2) is 0 Å². The molecule has 1 aromatic heterocycles. The van der Waals surface area contributed by atoms with Crippen LogP contribution in [0.4, 0.5) is 5.69 Å². The van der Waals surface area contributed by atoms with E-state index < -0.39 is 0 Å². The van der Waals surface area contributed by atoms with Gasteiger partial charge in [-0.1, -0.05) is 0 Å². The van der Waals surface area contributed by atoms with Crippen molar-refractivity contribution in [2.75, 3.05) is 25.6 Å². The van der Waals surface area contributed by atoms with Crippen molar-refractivity contribution in [3.05, 3.63) is 30.0 Å². The number of hydrogen-bond donors (Lipinski definition) is 1. The molecule has 4 heteroatoms. The first kappa shape index (κ1) is 12.2. The molecule has 0 saturated carbocycles. The van der Waals surface area contributed by atoms with Crippen LogP contribution in [0.15, 0.2) is 24.3 Å². The molecule has 4 nitrogen and oxygen atoms in total. The summed E-state index contributed by atoms with van der Waals surface area (Å²) in [5, 5.41) is 0.976. The second-order valence-corrected chi connectivity index (χ2v) is 5.08. The fourth-order valence-electron chi connectivity index (χ4n) is 2.38. The number of ether oxygens (including phenoxy) is 2. The maximum Gasteiger partial charge on any atom is 0.130 e. The Morgan fingerprint density at radius 2 is 2.32 bits per heavy atom. The number of fused-ring (bicyclic) bond motifs is 1. The Labute approximate surface area is 112 Å². The van der Waals surface area contributed by atoms with Crippen molar-refractivity contribution in [1.82, 2.24) is 4.98 Å². The highest BCUT2D eigenvalue weighted by Gasteiger charge is 2.17. The third-order valence-electron chi connectivity index (χ3n) is 3.42. The molecule has 1 fully saturated rings. The maximum atomic E-state index is 5.96. The smallest absolute Gasteiger partial charge is 0.130 e. The second kappa shape index (κ2) is 5.05. The lowest BCUT2D eigenvalue weighted by Crippen LogP contribution is -2.12. The van der Waals surface area contributed by atoms with Gasteiger partial charge in [0.2, 0.25) is 0 Å². The van der Waals surface area contributed by atoms with Crippen LogP contribution in [0.1, 0.15) is 12.1 Å². The molecule has 0 radical (unpaired) electrons. The van der Waals surface area contributed by atoms with Crippen molar-refractivity contribution in [1.29, 1.82) is 0 Å². The lowest BCUT2D eigenvalue weighted by molar-refractivity contribution is 0.167. The summed E-state index contributed by atoms with van der Waals surface area (Å²) >= 11 is 0. The molecule has 1 unspecified atom stereocenters. The minimum Gasteiger partial charge on any atom is -0.492 e. The van der Waals surface area contributed by atoms with Gasteiger partial charge in [0.1, 0.15) is 5.75 Å². The molecule has 2 N–H and O–H groups in total. The summed E-state index contributed by atoms with van der Waals surface area (Å²) in [6, 6.07) is 7.69. The Hall–Kier alpha value is -1.81. The number of aryl methyl sites for hydroxylation is 1. The van der Waals surface area contributed by atoms with E-state index in [1.807, 2.05) is 31.2 Å². The molecule has 2 heterocycles. The van der Waals surface area contributed by atoms with Gasteiger partial charge in [-0.3, -0.25) is 4.98 Å². The summed E-state index contributed by atoms with van der Waals surface area (Å²) in [5.41, 5.74) is 8.45. The van der Waals surface area contributed by atoms with Gasteiger partial charge in [-0.05, 0) is 31.5 Å². The van der Waals surface area contributed by atoms with Crippen LogP contribution in [0.5, 0.6) is 5.75 Å². The Morgan fingerprint density at radius 1 is 1.42 bits per heavy atom. The zero-order valence-corrected chi connectivity index (χ0v) is 11.1. The Kier molecular flexibility index (Phi) is 3.25. The Morgan fingerprint density at radius 3 is 3.11 bits per heavy atom. The fourth-order valence-corrected chi connectivity index (χ4v) is 2.38. The quantitative estimate of drug-likeness (QED) is 0.859. The van der Waals surface area contributed by atoms with Crippen LogP contribution in [0.3, 0.4) is 0 Å². The van der Waals surface area contributed by atoms with Crippen LogP contribution in [0.25, 0.3) is 10.9 Å². The molecular weight excluding hydrogens is 240 g/mol. The minimum absolute atomic E-state index is 0.490. The molecule has 1 aliphatic heterocycles. The molecule has 0 spiro atoms. The fraction of sp³-hybridized carbons (Fsp3) is 0.400. The summed E-state index contributed by atoms with van der Waals surface area (Å²) in [7, 11) is 0. The average Bonchev–Trinajstić information content (AvgIpc) is 2.89. The number of hydrogen-bond acceptors (Lipinski definition) is 4. The highest BCUT2D eigenvalue weighted by molar-refractivity contribution is 5.87. The maximum absolute atomic E-state index is 5.96. The number of aromatic nitrogens is 1. The van der Waals surface area contributed by atoms with Gasteiger partial charge in [-0.2, -0.15) is 0 Å². The molecule has 0 bridgehead atoms. The van der Waals surface area contributed by atoms with Crippen LogP contribution < -0.4 is 10.5 Å². The van der Waals surface area contributed by atoms with Crippen molar-refractivity contribution in [3.63, 3.8) is 0 Å². The number of pyridine rings is 1. The summed E-state index contributed by atoms with van der Waals surface area (Å²) in [4.78, 5) is 4.50. The van der Waals surface area contributed by atoms with Gasteiger partial charge in [-0.15, -0.1) is 0 Å². The number of nitrogens with zero attached hydrogens (tertiary/aromatic N) is 1. The predicted octanol–water partition coefficient (Wildman–Crippen LogP) is 2.54. The molecule has 2 aromatic rings. The molecule has 1 atom stereocenters. The zero-order chi connectivity index (χ0) is 13.2. The summed E-state index contributed by atoms with van der Waals surface area (Å²) in [6.45, 7) is 4.30. The summed E-state index contributed by atoms with van der Waals surface area (Å²) in [5.74, 6) is 1.35. The first-order chi connectivity index (χ1) is 9.22. The molecule has 100 valence electrons. The monoisotopic (exact) mass is 258 g/mol. The first-order valence-corrected chi connectivity index (χ1v) is 6.60. The van der Waals surface area contributed by atoms with Gasteiger partial charge >= 0.3 is 0 Å².